The van der Waals surface area contributed by atoms with Gasteiger partial charge in [0.15, 0.2) is 0 Å². The van der Waals surface area contributed by atoms with Crippen molar-refractivity contribution in [2.75, 3.05) is 18.9 Å². The Morgan fingerprint density at radius 2 is 1.73 bits per heavy atom. The molecule has 1 aliphatic carbocycles. The number of ether oxygens (including phenoxy) is 1. The number of carbonyl (C=O) groups is 3. The van der Waals surface area contributed by atoms with Crippen LogP contribution < -0.4 is 34.7 Å². The molecule has 4 atom stereocenters. The van der Waals surface area contributed by atoms with Gasteiger partial charge in [-0.2, -0.15) is 0 Å². The van der Waals surface area contributed by atoms with Gasteiger partial charge in [0, 0.05) is 25.0 Å². The fraction of sp³-hybridized carbons (Fsp3) is 0.700. The Kier molecular flexibility index (Phi) is 14.9. The molecule has 0 bridgehead atoms. The number of benzene rings is 1. The molecule has 0 unspecified atom stereocenters. The zero-order valence-corrected chi connectivity index (χ0v) is 27.6. The molecule has 1 aromatic carbocycles. The molecule has 1 saturated heterocycles. The van der Waals surface area contributed by atoms with Gasteiger partial charge in [-0.1, -0.05) is 83.2 Å². The second-order valence-electron chi connectivity index (χ2n) is 11.5. The number of hydrogen-bond acceptors (Lipinski definition) is 7. The Labute approximate surface area is 261 Å². The maximum absolute atomic E-state index is 14.2. The van der Waals surface area contributed by atoms with E-state index in [9.17, 15) is 24.1 Å². The van der Waals surface area contributed by atoms with Gasteiger partial charge in [0.05, 0.1) is 12.0 Å². The smallest absolute Gasteiger partial charge is 0.548 e. The minimum Gasteiger partial charge on any atom is -0.548 e. The fourth-order valence-corrected chi connectivity index (χ4v) is 8.09. The van der Waals surface area contributed by atoms with Crippen LogP contribution in [-0.2, 0) is 34.6 Å². The first-order chi connectivity index (χ1) is 18.6. The van der Waals surface area contributed by atoms with E-state index in [4.69, 9.17) is 9.26 Å². The summed E-state index contributed by atoms with van der Waals surface area (Å²) in [6.07, 6.45) is 6.88. The van der Waals surface area contributed by atoms with E-state index in [1.54, 1.807) is 20.8 Å². The van der Waals surface area contributed by atoms with Gasteiger partial charge in [-0.3, -0.25) is 18.7 Å². The maximum atomic E-state index is 14.2. The summed E-state index contributed by atoms with van der Waals surface area (Å²) >= 11 is 0. The Bertz CT molecular complexity index is 999. The number of hydrogen-bond donors (Lipinski definition) is 0. The van der Waals surface area contributed by atoms with Crippen LogP contribution in [0.1, 0.15) is 84.1 Å². The van der Waals surface area contributed by atoms with Crippen LogP contribution in [0.3, 0.4) is 0 Å². The zero-order valence-electron chi connectivity index (χ0n) is 24.7. The van der Waals surface area contributed by atoms with Crippen molar-refractivity contribution in [2.24, 2.45) is 17.8 Å². The number of aliphatic carboxylic acids is 1. The minimum absolute atomic E-state index is 0. The third kappa shape index (κ3) is 10.6. The van der Waals surface area contributed by atoms with E-state index in [1.165, 1.54) is 16.9 Å². The number of aryl methyl sites for hydroxylation is 1. The molecule has 10 heteroatoms. The first kappa shape index (κ1) is 35.0. The zero-order chi connectivity index (χ0) is 28.4. The molecule has 2 aliphatic rings. The molecule has 1 saturated carbocycles. The Morgan fingerprint density at radius 3 is 2.33 bits per heavy atom. The molecule has 0 N–H and O–H groups in total. The molecule has 1 heterocycles. The average Bonchev–Trinajstić information content (AvgIpc) is 3.38. The molecule has 2 fully saturated rings. The van der Waals surface area contributed by atoms with Crippen LogP contribution in [0.25, 0.3) is 0 Å². The number of amides is 1. The van der Waals surface area contributed by atoms with Crippen LogP contribution in [0, 0.1) is 17.8 Å². The van der Waals surface area contributed by atoms with Crippen LogP contribution in [0.4, 0.5) is 0 Å². The van der Waals surface area contributed by atoms with Crippen molar-refractivity contribution in [3.05, 3.63) is 35.9 Å². The SMILES string of the molecule is CCC(=O)O[C@@H](O[P@@](=O)(CCCCc1ccccc1)CC(=O)N1C[C@H](C2CCCCC2)C[C@H]1C(=O)[O-])C(C)C.[Na+]. The molecule has 1 aromatic rings. The molecule has 1 aliphatic heterocycles. The second kappa shape index (κ2) is 17.1. The van der Waals surface area contributed by atoms with E-state index in [2.05, 4.69) is 0 Å². The van der Waals surface area contributed by atoms with Crippen molar-refractivity contribution in [1.29, 1.82) is 0 Å². The van der Waals surface area contributed by atoms with E-state index in [1.807, 2.05) is 30.3 Å². The van der Waals surface area contributed by atoms with Crippen molar-refractivity contribution in [3.63, 3.8) is 0 Å². The summed E-state index contributed by atoms with van der Waals surface area (Å²) in [5, 5.41) is 12.0. The van der Waals surface area contributed by atoms with E-state index in [0.29, 0.717) is 25.3 Å². The number of carboxylic acids is 1. The molecular formula is C30H45NNaO7P. The molecule has 1 amide bonds. The summed E-state index contributed by atoms with van der Waals surface area (Å²) in [6.45, 7) is 5.62. The van der Waals surface area contributed by atoms with E-state index >= 15 is 0 Å². The van der Waals surface area contributed by atoms with Gasteiger partial charge in [0.1, 0.15) is 6.16 Å². The number of nitrogens with zero attached hydrogens (tertiary/aromatic N) is 1. The van der Waals surface area contributed by atoms with Gasteiger partial charge in [0.25, 0.3) is 0 Å². The van der Waals surface area contributed by atoms with Crippen molar-refractivity contribution in [2.45, 2.75) is 97.3 Å². The number of carboxylic acid groups (broad SMARTS) is 1. The summed E-state index contributed by atoms with van der Waals surface area (Å²) in [5.41, 5.74) is 1.17. The van der Waals surface area contributed by atoms with Gasteiger partial charge in [-0.15, -0.1) is 0 Å². The van der Waals surface area contributed by atoms with Crippen LogP contribution in [0.2, 0.25) is 0 Å². The molecule has 218 valence electrons. The summed E-state index contributed by atoms with van der Waals surface area (Å²) in [5.74, 6) is -1.99. The van der Waals surface area contributed by atoms with Crippen LogP contribution in [0.15, 0.2) is 30.3 Å². The van der Waals surface area contributed by atoms with E-state index in [-0.39, 0.29) is 54.0 Å². The number of esters is 1. The molecule has 3 rings (SSSR count). The van der Waals surface area contributed by atoms with Crippen molar-refractivity contribution in [3.8, 4) is 0 Å². The number of unbranched alkanes of at least 4 members (excludes halogenated alkanes) is 1. The van der Waals surface area contributed by atoms with E-state index < -0.39 is 43.7 Å². The molecular weight excluding hydrogens is 540 g/mol. The van der Waals surface area contributed by atoms with E-state index in [0.717, 1.165) is 38.5 Å². The maximum Gasteiger partial charge on any atom is 1.00 e. The second-order valence-corrected chi connectivity index (χ2v) is 14.1. The molecule has 8 nitrogen and oxygen atoms in total. The molecule has 0 spiro atoms. The van der Waals surface area contributed by atoms with Crippen molar-refractivity contribution in [1.82, 2.24) is 4.90 Å². The molecule has 40 heavy (non-hydrogen) atoms. The number of carbonyl (C=O) groups excluding carboxylic acids is 3. The van der Waals surface area contributed by atoms with Crippen molar-refractivity contribution >= 4 is 25.2 Å². The van der Waals surface area contributed by atoms with Crippen LogP contribution in [0.5, 0.6) is 0 Å². The van der Waals surface area contributed by atoms with Crippen LogP contribution >= 0.6 is 7.37 Å². The monoisotopic (exact) mass is 585 g/mol. The van der Waals surface area contributed by atoms with Gasteiger partial charge in [0.2, 0.25) is 19.6 Å². The summed E-state index contributed by atoms with van der Waals surface area (Å²) in [6, 6.07) is 8.96. The fourth-order valence-electron chi connectivity index (χ4n) is 5.79. The Balaban J connectivity index is 0.00000560. The third-order valence-corrected chi connectivity index (χ3v) is 10.4. The molecule has 0 radical (unpaired) electrons. The van der Waals surface area contributed by atoms with Gasteiger partial charge < -0.3 is 19.5 Å². The minimum atomic E-state index is -3.62. The van der Waals surface area contributed by atoms with Crippen molar-refractivity contribution < 1.29 is 62.9 Å². The normalized spacial score (nSPS) is 21.9. The average molecular weight is 586 g/mol. The van der Waals surface area contributed by atoms with Crippen LogP contribution in [-0.4, -0.2) is 53.9 Å². The first-order valence-corrected chi connectivity index (χ1v) is 16.6. The quantitative estimate of drug-likeness (QED) is 0.108. The molecule has 0 aromatic heterocycles. The predicted molar refractivity (Wildman–Crippen MR) is 148 cm³/mol. The topological polar surface area (TPSA) is 113 Å². The standard InChI is InChI=1S/C30H46NO7P.Na/c1-4-28(33)37-30(22(2)3)38-39(36,18-12-11-15-23-13-7-5-8-14-23)21-27(32)31-20-25(19-26(31)29(34)35)24-16-9-6-10-17-24;/h5,7-8,13-14,22,24-26,30H,4,6,9-12,15-21H2,1-3H3,(H,34,35);/q;+1/p-1/t25-,26+,30+,39+;/m1./s1. The Morgan fingerprint density at radius 1 is 1.05 bits per heavy atom. The number of rotatable bonds is 14. The Hall–Kier alpha value is -1.18. The largest absolute Gasteiger partial charge is 1.00 e. The number of likely N-dealkylation sites (tertiary alicyclic amines) is 1. The van der Waals surface area contributed by atoms with Gasteiger partial charge in [-0.05, 0) is 43.1 Å². The predicted octanol–water partition coefficient (Wildman–Crippen LogP) is 1.79. The summed E-state index contributed by atoms with van der Waals surface area (Å²) in [7, 11) is -3.62. The summed E-state index contributed by atoms with van der Waals surface area (Å²) in [4.78, 5) is 39.0. The third-order valence-electron chi connectivity index (χ3n) is 8.05. The summed E-state index contributed by atoms with van der Waals surface area (Å²) < 4.78 is 25.6. The van der Waals surface area contributed by atoms with Gasteiger partial charge in [-0.25, -0.2) is 0 Å². The first-order valence-electron chi connectivity index (χ1n) is 14.6. The van der Waals surface area contributed by atoms with Gasteiger partial charge >= 0.3 is 35.5 Å².